The predicted octanol–water partition coefficient (Wildman–Crippen LogP) is 4.92. The molecule has 0 unspecified atom stereocenters. The van der Waals surface area contributed by atoms with Crippen LogP contribution in [0.5, 0.6) is 11.5 Å². The van der Waals surface area contributed by atoms with Crippen molar-refractivity contribution in [1.82, 2.24) is 10.6 Å². The summed E-state index contributed by atoms with van der Waals surface area (Å²) in [6.07, 6.45) is 6.25. The molecule has 0 saturated heterocycles. The molecule has 4 nitrogen and oxygen atoms in total. The summed E-state index contributed by atoms with van der Waals surface area (Å²) in [5.41, 5.74) is 1.79. The van der Waals surface area contributed by atoms with Gasteiger partial charge in [-0.05, 0) is 69.1 Å². The average molecular weight is 536 g/mol. The average Bonchev–Trinajstić information content (AvgIpc) is 2.69. The highest BCUT2D eigenvalue weighted by molar-refractivity contribution is 8.93. The fourth-order valence-electron chi connectivity index (χ4n) is 2.99. The molecule has 164 valence electrons. The summed E-state index contributed by atoms with van der Waals surface area (Å²) < 4.78 is 13.7. The molecule has 4 N–H and O–H groups in total. The van der Waals surface area contributed by atoms with Crippen LogP contribution in [0.3, 0.4) is 0 Å². The van der Waals surface area contributed by atoms with Crippen molar-refractivity contribution in [2.75, 3.05) is 26.2 Å². The van der Waals surface area contributed by atoms with Gasteiger partial charge in [-0.15, -0.1) is 34.0 Å². The maximum atomic E-state index is 13.7. The number of hydrogen-bond acceptors (Lipinski definition) is 4. The fraction of sp³-hybridized carbons (Fsp3) is 0.455. The minimum absolute atomic E-state index is 0. The third kappa shape index (κ3) is 11.0. The van der Waals surface area contributed by atoms with E-state index < -0.39 is 17.3 Å². The van der Waals surface area contributed by atoms with E-state index in [0.29, 0.717) is 18.5 Å². The molecule has 0 aliphatic heterocycles. The fourth-order valence-corrected chi connectivity index (χ4v) is 2.99. The minimum atomic E-state index is -0.725. The Hall–Kier alpha value is -1.15. The Labute approximate surface area is 194 Å². The van der Waals surface area contributed by atoms with Gasteiger partial charge in [0, 0.05) is 0 Å². The first kappa shape index (κ1) is 27.8. The van der Waals surface area contributed by atoms with Crippen molar-refractivity contribution in [2.45, 2.75) is 38.5 Å². The number of phenolic OH excluding ortho intramolecular Hbond substituents is 2. The van der Waals surface area contributed by atoms with Crippen LogP contribution in [0.1, 0.15) is 36.8 Å². The second kappa shape index (κ2) is 16.6. The molecule has 0 radical (unpaired) electrons. The maximum absolute atomic E-state index is 13.7. The normalized spacial score (nSPS) is 10.2. The van der Waals surface area contributed by atoms with Crippen molar-refractivity contribution in [2.24, 2.45) is 0 Å². The number of halogens is 3. The van der Waals surface area contributed by atoms with Gasteiger partial charge in [0.25, 0.3) is 0 Å². The van der Waals surface area contributed by atoms with E-state index in [1.54, 1.807) is 0 Å². The summed E-state index contributed by atoms with van der Waals surface area (Å²) in [6, 6.07) is 13.4. The molecule has 0 heterocycles. The van der Waals surface area contributed by atoms with Gasteiger partial charge in [-0.3, -0.25) is 0 Å². The van der Waals surface area contributed by atoms with Crippen molar-refractivity contribution in [3.8, 4) is 11.5 Å². The van der Waals surface area contributed by atoms with Gasteiger partial charge in [0.15, 0.2) is 17.3 Å². The van der Waals surface area contributed by atoms with E-state index >= 15 is 0 Å². The van der Waals surface area contributed by atoms with Gasteiger partial charge < -0.3 is 20.8 Å². The molecule has 29 heavy (non-hydrogen) atoms. The van der Waals surface area contributed by atoms with Crippen molar-refractivity contribution >= 4 is 34.0 Å². The molecular formula is C22H33Br2FN2O2. The summed E-state index contributed by atoms with van der Waals surface area (Å²) in [6.45, 7) is 3.65. The van der Waals surface area contributed by atoms with E-state index in [-0.39, 0.29) is 34.0 Å². The zero-order chi connectivity index (χ0) is 19.3. The zero-order valence-corrected chi connectivity index (χ0v) is 20.1. The van der Waals surface area contributed by atoms with Crippen molar-refractivity contribution in [1.29, 1.82) is 0 Å². The number of rotatable bonds is 13. The summed E-state index contributed by atoms with van der Waals surface area (Å²) in [5.74, 6) is -1.81. The molecule has 7 heteroatoms. The van der Waals surface area contributed by atoms with Crippen LogP contribution in [0.2, 0.25) is 0 Å². The molecule has 0 atom stereocenters. The zero-order valence-electron chi connectivity index (χ0n) is 16.7. The summed E-state index contributed by atoms with van der Waals surface area (Å²) >= 11 is 0. The molecule has 0 amide bonds. The number of phenols is 2. The first-order valence-corrected chi connectivity index (χ1v) is 9.83. The molecule has 0 bridgehead atoms. The SMILES string of the molecule is Br.Br.Oc1ccc(CCNCCCCCCNCCc2ccccc2)c(F)c1O. The van der Waals surface area contributed by atoms with Crippen LogP contribution in [0.4, 0.5) is 4.39 Å². The van der Waals surface area contributed by atoms with E-state index in [9.17, 15) is 14.6 Å². The van der Waals surface area contributed by atoms with Gasteiger partial charge in [-0.2, -0.15) is 0 Å². The van der Waals surface area contributed by atoms with Gasteiger partial charge in [-0.25, -0.2) is 4.39 Å². The third-order valence-corrected chi connectivity index (χ3v) is 4.64. The number of hydrogen-bond donors (Lipinski definition) is 4. The molecule has 0 aromatic heterocycles. The number of nitrogens with one attached hydrogen (secondary N) is 2. The lowest BCUT2D eigenvalue weighted by Gasteiger charge is -2.08. The van der Waals surface area contributed by atoms with Crippen LogP contribution in [-0.2, 0) is 12.8 Å². The van der Waals surface area contributed by atoms with Crippen LogP contribution in [-0.4, -0.2) is 36.4 Å². The Balaban J connectivity index is 0.00000392. The highest BCUT2D eigenvalue weighted by atomic mass is 79.9. The second-order valence-electron chi connectivity index (χ2n) is 6.81. The summed E-state index contributed by atoms with van der Waals surface area (Å²) in [5, 5.41) is 25.4. The van der Waals surface area contributed by atoms with Gasteiger partial charge >= 0.3 is 0 Å². The molecule has 0 fully saturated rings. The Kier molecular flexibility index (Phi) is 16.0. The molecule has 2 rings (SSSR count). The van der Waals surface area contributed by atoms with Crippen molar-refractivity contribution in [3.63, 3.8) is 0 Å². The van der Waals surface area contributed by atoms with E-state index in [1.165, 1.54) is 37.0 Å². The Morgan fingerprint density at radius 1 is 0.690 bits per heavy atom. The molecule has 0 saturated carbocycles. The van der Waals surface area contributed by atoms with Crippen LogP contribution >= 0.6 is 34.0 Å². The largest absolute Gasteiger partial charge is 0.504 e. The molecular weight excluding hydrogens is 503 g/mol. The number of benzene rings is 2. The van der Waals surface area contributed by atoms with E-state index in [1.807, 2.05) is 6.07 Å². The Morgan fingerprint density at radius 2 is 1.28 bits per heavy atom. The standard InChI is InChI=1S/C22H31FN2O2.2BrH/c23-21-19(10-11-20(26)22(21)27)13-17-25-15-7-2-1-6-14-24-16-12-18-8-4-3-5-9-18;;/h3-5,8-11,24-27H,1-2,6-7,12-17H2;2*1H. The van der Waals surface area contributed by atoms with Crippen LogP contribution in [0, 0.1) is 5.82 Å². The molecule has 2 aromatic carbocycles. The van der Waals surface area contributed by atoms with Crippen molar-refractivity contribution < 1.29 is 14.6 Å². The van der Waals surface area contributed by atoms with Gasteiger partial charge in [0.2, 0.25) is 0 Å². The first-order valence-electron chi connectivity index (χ1n) is 9.83. The molecule has 2 aromatic rings. The van der Waals surface area contributed by atoms with E-state index in [4.69, 9.17) is 0 Å². The minimum Gasteiger partial charge on any atom is -0.504 e. The smallest absolute Gasteiger partial charge is 0.194 e. The van der Waals surface area contributed by atoms with Gasteiger partial charge in [0.05, 0.1) is 0 Å². The monoisotopic (exact) mass is 534 g/mol. The topological polar surface area (TPSA) is 64.5 Å². The highest BCUT2D eigenvalue weighted by Gasteiger charge is 2.11. The number of aromatic hydroxyl groups is 2. The predicted molar refractivity (Wildman–Crippen MR) is 128 cm³/mol. The summed E-state index contributed by atoms with van der Waals surface area (Å²) in [4.78, 5) is 0. The van der Waals surface area contributed by atoms with Crippen LogP contribution < -0.4 is 10.6 Å². The van der Waals surface area contributed by atoms with Crippen LogP contribution in [0.15, 0.2) is 42.5 Å². The highest BCUT2D eigenvalue weighted by Crippen LogP contribution is 2.29. The van der Waals surface area contributed by atoms with Crippen molar-refractivity contribution in [3.05, 3.63) is 59.4 Å². The third-order valence-electron chi connectivity index (χ3n) is 4.64. The first-order chi connectivity index (χ1) is 13.2. The quantitative estimate of drug-likeness (QED) is 0.217. The lowest BCUT2D eigenvalue weighted by Crippen LogP contribution is -2.19. The molecule has 0 aliphatic carbocycles. The second-order valence-corrected chi connectivity index (χ2v) is 6.81. The molecule has 0 aliphatic rings. The van der Waals surface area contributed by atoms with Gasteiger partial charge in [-0.1, -0.05) is 49.2 Å². The maximum Gasteiger partial charge on any atom is 0.194 e. The van der Waals surface area contributed by atoms with Crippen LogP contribution in [0.25, 0.3) is 0 Å². The lowest BCUT2D eigenvalue weighted by molar-refractivity contribution is 0.376. The van der Waals surface area contributed by atoms with Gasteiger partial charge in [0.1, 0.15) is 0 Å². The summed E-state index contributed by atoms with van der Waals surface area (Å²) in [7, 11) is 0. The van der Waals surface area contributed by atoms with E-state index in [2.05, 4.69) is 34.9 Å². The Bertz CT molecular complexity index is 675. The number of unbranched alkanes of at least 4 members (excludes halogenated alkanes) is 3. The Morgan fingerprint density at radius 3 is 1.90 bits per heavy atom. The van der Waals surface area contributed by atoms with E-state index in [0.717, 1.165) is 32.5 Å². The lowest BCUT2D eigenvalue weighted by atomic mass is 10.1. The molecule has 0 spiro atoms.